The van der Waals surface area contributed by atoms with Gasteiger partial charge < -0.3 is 0 Å². The maximum atomic E-state index is 13.3. The van der Waals surface area contributed by atoms with Crippen LogP contribution < -0.4 is 4.90 Å². The van der Waals surface area contributed by atoms with Crippen LogP contribution in [0.3, 0.4) is 0 Å². The van der Waals surface area contributed by atoms with E-state index >= 15 is 0 Å². The molecule has 29 heavy (non-hydrogen) atoms. The highest BCUT2D eigenvalue weighted by Crippen LogP contribution is 2.50. The molecule has 1 amide bonds. The lowest BCUT2D eigenvalue weighted by molar-refractivity contribution is -0.384. The molecule has 0 radical (unpaired) electrons. The van der Waals surface area contributed by atoms with Gasteiger partial charge in [-0.3, -0.25) is 19.8 Å². The van der Waals surface area contributed by atoms with Gasteiger partial charge in [0, 0.05) is 27.5 Å². The van der Waals surface area contributed by atoms with Gasteiger partial charge in [0.05, 0.1) is 21.9 Å². The lowest BCUT2D eigenvalue weighted by Crippen LogP contribution is -2.28. The summed E-state index contributed by atoms with van der Waals surface area (Å²) in [4.78, 5) is 25.9. The van der Waals surface area contributed by atoms with Crippen molar-refractivity contribution in [3.63, 3.8) is 0 Å². The maximum Gasteiger partial charge on any atom is 0.416 e. The van der Waals surface area contributed by atoms with E-state index in [1.807, 2.05) is 0 Å². The van der Waals surface area contributed by atoms with Crippen molar-refractivity contribution in [1.82, 2.24) is 0 Å². The van der Waals surface area contributed by atoms with Crippen molar-refractivity contribution in [1.29, 1.82) is 0 Å². The summed E-state index contributed by atoms with van der Waals surface area (Å²) in [6.45, 7) is 0. The molecule has 0 aliphatic carbocycles. The first-order valence-electron chi connectivity index (χ1n) is 8.33. The van der Waals surface area contributed by atoms with Crippen LogP contribution in [0.15, 0.2) is 76.5 Å². The summed E-state index contributed by atoms with van der Waals surface area (Å²) in [5, 5.41) is 10.8. The number of non-ortho nitro benzene ring substituents is 1. The molecule has 3 aromatic carbocycles. The molecule has 0 aromatic heterocycles. The monoisotopic (exact) mass is 416 g/mol. The summed E-state index contributed by atoms with van der Waals surface area (Å²) in [7, 11) is 0. The number of nitrogens with zero attached hydrogens (tertiary/aromatic N) is 2. The molecule has 5 nitrogen and oxygen atoms in total. The normalized spacial score (nSPS) is 12.9. The quantitative estimate of drug-likeness (QED) is 0.376. The van der Waals surface area contributed by atoms with Crippen LogP contribution in [0, 0.1) is 10.1 Å². The van der Waals surface area contributed by atoms with Crippen LogP contribution in [0.2, 0.25) is 0 Å². The number of para-hydroxylation sites is 1. The van der Waals surface area contributed by atoms with Crippen LogP contribution >= 0.6 is 11.8 Å². The van der Waals surface area contributed by atoms with E-state index in [4.69, 9.17) is 0 Å². The molecule has 0 bridgehead atoms. The largest absolute Gasteiger partial charge is 0.416 e. The van der Waals surface area contributed by atoms with E-state index in [9.17, 15) is 28.1 Å². The second kappa shape index (κ2) is 6.93. The van der Waals surface area contributed by atoms with E-state index in [2.05, 4.69) is 0 Å². The summed E-state index contributed by atoms with van der Waals surface area (Å²) in [6, 6.07) is 15.1. The van der Waals surface area contributed by atoms with Crippen molar-refractivity contribution in [2.75, 3.05) is 4.90 Å². The Morgan fingerprint density at radius 2 is 1.59 bits per heavy atom. The Bertz CT molecular complexity index is 1130. The van der Waals surface area contributed by atoms with Gasteiger partial charge in [-0.05, 0) is 42.5 Å². The molecular weight excluding hydrogens is 405 g/mol. The summed E-state index contributed by atoms with van der Waals surface area (Å²) >= 11 is 1.27. The number of hydrogen-bond donors (Lipinski definition) is 0. The van der Waals surface area contributed by atoms with Crippen molar-refractivity contribution in [3.8, 4) is 0 Å². The van der Waals surface area contributed by atoms with Crippen molar-refractivity contribution in [2.45, 2.75) is 16.0 Å². The van der Waals surface area contributed by atoms with Crippen molar-refractivity contribution in [3.05, 3.63) is 88.0 Å². The zero-order chi connectivity index (χ0) is 20.8. The molecule has 0 saturated carbocycles. The number of anilines is 2. The fraction of sp³-hybridized carbons (Fsp3) is 0.0500. The van der Waals surface area contributed by atoms with Gasteiger partial charge in [-0.25, -0.2) is 0 Å². The van der Waals surface area contributed by atoms with Crippen molar-refractivity contribution < 1.29 is 22.9 Å². The molecule has 0 unspecified atom stereocenters. The number of nitro benzene ring substituents is 1. The number of alkyl halides is 3. The van der Waals surface area contributed by atoms with Crippen LogP contribution in [0.5, 0.6) is 0 Å². The van der Waals surface area contributed by atoms with E-state index in [0.29, 0.717) is 10.6 Å². The minimum absolute atomic E-state index is 0.117. The standard InChI is InChI=1S/C20H11F3N2O3S/c21-20(22,23)13-7-10-18-16(11-13)24(15-3-1-2-4-17(15)29-18)19(26)12-5-8-14(9-6-12)25(27)28/h1-11H. The Morgan fingerprint density at radius 1 is 0.931 bits per heavy atom. The van der Waals surface area contributed by atoms with Crippen LogP contribution in [-0.2, 0) is 6.18 Å². The zero-order valence-corrected chi connectivity index (χ0v) is 15.3. The molecule has 0 spiro atoms. The van der Waals surface area contributed by atoms with E-state index in [-0.39, 0.29) is 16.9 Å². The summed E-state index contributed by atoms with van der Waals surface area (Å²) < 4.78 is 39.8. The Hall–Kier alpha value is -3.33. The number of carbonyl (C=O) groups is 1. The molecule has 1 aliphatic heterocycles. The smallest absolute Gasteiger partial charge is 0.275 e. The Balaban J connectivity index is 1.85. The van der Waals surface area contributed by atoms with Crippen LogP contribution in [0.1, 0.15) is 15.9 Å². The predicted octanol–water partition coefficient (Wildman–Crippen LogP) is 6.06. The predicted molar refractivity (Wildman–Crippen MR) is 102 cm³/mol. The van der Waals surface area contributed by atoms with Gasteiger partial charge >= 0.3 is 6.18 Å². The highest BCUT2D eigenvalue weighted by atomic mass is 32.2. The molecule has 3 aromatic rings. The van der Waals surface area contributed by atoms with Gasteiger partial charge in [0.15, 0.2) is 0 Å². The summed E-state index contributed by atoms with van der Waals surface area (Å²) in [5.41, 5.74) is -0.353. The Kier molecular flexibility index (Phi) is 4.54. The van der Waals surface area contributed by atoms with E-state index in [1.54, 1.807) is 24.3 Å². The van der Waals surface area contributed by atoms with E-state index < -0.39 is 22.6 Å². The number of amides is 1. The topological polar surface area (TPSA) is 63.4 Å². The van der Waals surface area contributed by atoms with Gasteiger partial charge in [-0.1, -0.05) is 23.9 Å². The SMILES string of the molecule is O=C(c1ccc([N+](=O)[O-])cc1)N1c2ccccc2Sc2ccc(C(F)(F)F)cc21. The molecule has 1 aliphatic rings. The average Bonchev–Trinajstić information content (AvgIpc) is 2.70. The Morgan fingerprint density at radius 3 is 2.24 bits per heavy atom. The third kappa shape index (κ3) is 3.44. The number of halogens is 3. The van der Waals surface area contributed by atoms with E-state index in [1.165, 1.54) is 47.0 Å². The molecule has 0 N–H and O–H groups in total. The molecule has 0 fully saturated rings. The number of benzene rings is 3. The first-order chi connectivity index (χ1) is 13.8. The molecule has 9 heteroatoms. The van der Waals surface area contributed by atoms with Crippen LogP contribution in [0.25, 0.3) is 0 Å². The summed E-state index contributed by atoms with van der Waals surface area (Å²) in [5.74, 6) is -0.576. The maximum absolute atomic E-state index is 13.3. The average molecular weight is 416 g/mol. The highest BCUT2D eigenvalue weighted by Gasteiger charge is 2.35. The van der Waals surface area contributed by atoms with Crippen LogP contribution in [0.4, 0.5) is 30.2 Å². The zero-order valence-electron chi connectivity index (χ0n) is 14.5. The molecule has 1 heterocycles. The van der Waals surface area contributed by atoms with Crippen molar-refractivity contribution >= 4 is 34.7 Å². The number of nitro groups is 1. The second-order valence-corrected chi connectivity index (χ2v) is 7.28. The van der Waals surface area contributed by atoms with Gasteiger partial charge in [-0.2, -0.15) is 13.2 Å². The lowest BCUT2D eigenvalue weighted by atomic mass is 10.1. The van der Waals surface area contributed by atoms with Crippen molar-refractivity contribution in [2.24, 2.45) is 0 Å². The molecule has 0 atom stereocenters. The number of fused-ring (bicyclic) bond motifs is 2. The minimum atomic E-state index is -4.56. The molecule has 0 saturated heterocycles. The first-order valence-corrected chi connectivity index (χ1v) is 9.14. The van der Waals surface area contributed by atoms with E-state index in [0.717, 1.165) is 17.0 Å². The molecular formula is C20H11F3N2O3S. The highest BCUT2D eigenvalue weighted by molar-refractivity contribution is 7.99. The van der Waals surface area contributed by atoms with Gasteiger partial charge in [0.1, 0.15) is 0 Å². The number of carbonyl (C=O) groups excluding carboxylic acids is 1. The first kappa shape index (κ1) is 19.0. The van der Waals surface area contributed by atoms with Crippen LogP contribution in [-0.4, -0.2) is 10.8 Å². The van der Waals surface area contributed by atoms with Gasteiger partial charge in [0.2, 0.25) is 0 Å². The summed E-state index contributed by atoms with van der Waals surface area (Å²) in [6.07, 6.45) is -4.56. The fourth-order valence-corrected chi connectivity index (χ4v) is 4.04. The van der Waals surface area contributed by atoms with Gasteiger partial charge in [-0.15, -0.1) is 0 Å². The Labute approximate surface area is 166 Å². The minimum Gasteiger partial charge on any atom is -0.275 e. The van der Waals surface area contributed by atoms with Gasteiger partial charge in [0.25, 0.3) is 11.6 Å². The molecule has 4 rings (SSSR count). The fourth-order valence-electron chi connectivity index (χ4n) is 3.00. The third-order valence-corrected chi connectivity index (χ3v) is 5.51. The second-order valence-electron chi connectivity index (χ2n) is 6.19. The molecule has 146 valence electrons. The lowest BCUT2D eigenvalue weighted by Gasteiger charge is -2.31. The number of rotatable bonds is 2. The third-order valence-electron chi connectivity index (χ3n) is 4.38. The number of hydrogen-bond acceptors (Lipinski definition) is 4.